The smallest absolute Gasteiger partial charge is 0.181 e. The molecule has 20 heavy (non-hydrogen) atoms. The highest BCUT2D eigenvalue weighted by molar-refractivity contribution is 5.73. The molecule has 0 saturated carbocycles. The van der Waals surface area contributed by atoms with Gasteiger partial charge in [0.1, 0.15) is 5.52 Å². The second kappa shape index (κ2) is 4.46. The molecule has 3 nitrogen and oxygen atoms in total. The lowest BCUT2D eigenvalue weighted by atomic mass is 9.85. The average molecular weight is 264 g/mol. The van der Waals surface area contributed by atoms with Crippen LogP contribution < -0.4 is 0 Å². The molecule has 100 valence electrons. The summed E-state index contributed by atoms with van der Waals surface area (Å²) < 4.78 is 5.33. The maximum Gasteiger partial charge on any atom is 0.181 e. The van der Waals surface area contributed by atoms with E-state index in [1.807, 2.05) is 6.07 Å². The minimum Gasteiger partial charge on any atom is -0.443 e. The van der Waals surface area contributed by atoms with E-state index in [2.05, 4.69) is 53.3 Å². The lowest BCUT2D eigenvalue weighted by molar-refractivity contribution is 0.295. The quantitative estimate of drug-likeness (QED) is 0.674. The van der Waals surface area contributed by atoms with Crippen LogP contribution >= 0.6 is 0 Å². The van der Waals surface area contributed by atoms with Crippen molar-refractivity contribution in [2.24, 2.45) is 0 Å². The summed E-state index contributed by atoms with van der Waals surface area (Å²) in [5.74, 6) is 0.408. The number of rotatable bonds is 1. The van der Waals surface area contributed by atoms with Gasteiger partial charge in [-0.2, -0.15) is 0 Å². The zero-order chi connectivity index (χ0) is 13.5. The van der Waals surface area contributed by atoms with Crippen LogP contribution in [-0.2, 0) is 6.54 Å². The van der Waals surface area contributed by atoms with Gasteiger partial charge in [0, 0.05) is 19.0 Å². The van der Waals surface area contributed by atoms with Gasteiger partial charge in [-0.3, -0.25) is 0 Å². The van der Waals surface area contributed by atoms with Crippen LogP contribution in [0.2, 0.25) is 0 Å². The van der Waals surface area contributed by atoms with Gasteiger partial charge in [0.2, 0.25) is 0 Å². The van der Waals surface area contributed by atoms with Gasteiger partial charge in [0.05, 0.1) is 0 Å². The predicted octanol–water partition coefficient (Wildman–Crippen LogP) is 3.41. The van der Waals surface area contributed by atoms with E-state index in [0.29, 0.717) is 5.92 Å². The van der Waals surface area contributed by atoms with Crippen LogP contribution in [0.25, 0.3) is 11.1 Å². The van der Waals surface area contributed by atoms with Crippen LogP contribution in [0.3, 0.4) is 0 Å². The highest BCUT2D eigenvalue weighted by atomic mass is 16.3. The zero-order valence-corrected chi connectivity index (χ0v) is 11.4. The van der Waals surface area contributed by atoms with Gasteiger partial charge in [-0.15, -0.1) is 0 Å². The first-order valence-electron chi connectivity index (χ1n) is 6.91. The Balaban J connectivity index is 1.84. The first-order chi connectivity index (χ1) is 9.81. The fraction of sp³-hybridized carbons (Fsp3) is 0.235. The standard InChI is InChI=1S/C17H16N2O/c1-19-9-13-4-2-3-5-14(13)15(10-19)12-6-7-17-16(8-12)18-11-20-17/h2-8,11,15H,9-10H2,1H3. The Kier molecular flexibility index (Phi) is 2.60. The molecular formula is C17H16N2O. The van der Waals surface area contributed by atoms with E-state index in [4.69, 9.17) is 4.42 Å². The third kappa shape index (κ3) is 1.82. The van der Waals surface area contributed by atoms with Crippen molar-refractivity contribution in [2.75, 3.05) is 13.6 Å². The van der Waals surface area contributed by atoms with Crippen LogP contribution in [-0.4, -0.2) is 23.5 Å². The maximum absolute atomic E-state index is 5.33. The van der Waals surface area contributed by atoms with Crippen molar-refractivity contribution in [3.8, 4) is 0 Å². The molecule has 1 unspecified atom stereocenters. The zero-order valence-electron chi connectivity index (χ0n) is 11.4. The van der Waals surface area contributed by atoms with Crippen LogP contribution in [0.4, 0.5) is 0 Å². The van der Waals surface area contributed by atoms with E-state index in [-0.39, 0.29) is 0 Å². The number of fused-ring (bicyclic) bond motifs is 2. The molecule has 0 saturated heterocycles. The van der Waals surface area contributed by atoms with Gasteiger partial charge >= 0.3 is 0 Å². The molecule has 1 aromatic heterocycles. The lowest BCUT2D eigenvalue weighted by Gasteiger charge is -2.32. The Bertz CT molecular complexity index is 762. The Morgan fingerprint density at radius 1 is 1.20 bits per heavy atom. The Morgan fingerprint density at radius 2 is 2.10 bits per heavy atom. The molecule has 3 heteroatoms. The normalized spacial score (nSPS) is 19.1. The summed E-state index contributed by atoms with van der Waals surface area (Å²) in [5, 5.41) is 0. The first-order valence-corrected chi connectivity index (χ1v) is 6.91. The van der Waals surface area contributed by atoms with Crippen molar-refractivity contribution in [2.45, 2.75) is 12.5 Å². The lowest BCUT2D eigenvalue weighted by Crippen LogP contribution is -2.30. The molecule has 4 rings (SSSR count). The van der Waals surface area contributed by atoms with Crippen LogP contribution in [0, 0.1) is 0 Å². The second-order valence-corrected chi connectivity index (χ2v) is 5.53. The fourth-order valence-electron chi connectivity index (χ4n) is 3.16. The third-order valence-corrected chi connectivity index (χ3v) is 4.12. The molecule has 0 spiro atoms. The number of nitrogens with zero attached hydrogens (tertiary/aromatic N) is 2. The number of benzene rings is 2. The van der Waals surface area contributed by atoms with E-state index >= 15 is 0 Å². The predicted molar refractivity (Wildman–Crippen MR) is 78.6 cm³/mol. The summed E-state index contributed by atoms with van der Waals surface area (Å²) in [5.41, 5.74) is 5.96. The van der Waals surface area contributed by atoms with E-state index < -0.39 is 0 Å². The van der Waals surface area contributed by atoms with Gasteiger partial charge in [-0.1, -0.05) is 30.3 Å². The minimum absolute atomic E-state index is 0.408. The van der Waals surface area contributed by atoms with Crippen molar-refractivity contribution in [3.05, 3.63) is 65.5 Å². The maximum atomic E-state index is 5.33. The number of likely N-dealkylation sites (N-methyl/N-ethyl adjacent to an activating group) is 1. The number of oxazole rings is 1. The Morgan fingerprint density at radius 3 is 3.05 bits per heavy atom. The molecule has 0 aliphatic carbocycles. The number of aromatic nitrogens is 1. The van der Waals surface area contributed by atoms with Gasteiger partial charge < -0.3 is 9.32 Å². The molecule has 0 fully saturated rings. The third-order valence-electron chi connectivity index (χ3n) is 4.12. The van der Waals surface area contributed by atoms with Crippen molar-refractivity contribution in [1.82, 2.24) is 9.88 Å². The topological polar surface area (TPSA) is 29.3 Å². The van der Waals surface area contributed by atoms with Gasteiger partial charge in [-0.25, -0.2) is 4.98 Å². The van der Waals surface area contributed by atoms with Crippen LogP contribution in [0.15, 0.2) is 53.3 Å². The molecule has 0 bridgehead atoms. The summed E-state index contributed by atoms with van der Waals surface area (Å²) in [7, 11) is 2.18. The van der Waals surface area contributed by atoms with E-state index in [1.54, 1.807) is 0 Å². The monoisotopic (exact) mass is 264 g/mol. The molecule has 1 aliphatic rings. The van der Waals surface area contributed by atoms with Crippen LogP contribution in [0.1, 0.15) is 22.6 Å². The van der Waals surface area contributed by atoms with E-state index in [9.17, 15) is 0 Å². The largest absolute Gasteiger partial charge is 0.443 e. The van der Waals surface area contributed by atoms with E-state index in [0.717, 1.165) is 24.2 Å². The summed E-state index contributed by atoms with van der Waals surface area (Å²) >= 11 is 0. The van der Waals surface area contributed by atoms with Crippen LogP contribution in [0.5, 0.6) is 0 Å². The first kappa shape index (κ1) is 11.7. The molecule has 3 aromatic rings. The molecule has 2 heterocycles. The molecule has 1 atom stereocenters. The van der Waals surface area contributed by atoms with Crippen molar-refractivity contribution >= 4 is 11.1 Å². The summed E-state index contributed by atoms with van der Waals surface area (Å²) in [4.78, 5) is 6.64. The van der Waals surface area contributed by atoms with E-state index in [1.165, 1.54) is 23.1 Å². The molecule has 0 amide bonds. The highest BCUT2D eigenvalue weighted by Gasteiger charge is 2.24. The second-order valence-electron chi connectivity index (χ2n) is 5.53. The minimum atomic E-state index is 0.408. The number of hydrogen-bond donors (Lipinski definition) is 0. The van der Waals surface area contributed by atoms with Gasteiger partial charge in [0.15, 0.2) is 12.0 Å². The Labute approximate surface area is 117 Å². The Hall–Kier alpha value is -2.13. The SMILES string of the molecule is CN1Cc2ccccc2C(c2ccc3ocnc3c2)C1. The highest BCUT2D eigenvalue weighted by Crippen LogP contribution is 2.33. The average Bonchev–Trinajstić information content (AvgIpc) is 2.93. The van der Waals surface area contributed by atoms with Crippen molar-refractivity contribution in [3.63, 3.8) is 0 Å². The van der Waals surface area contributed by atoms with Crippen molar-refractivity contribution in [1.29, 1.82) is 0 Å². The summed E-state index contributed by atoms with van der Waals surface area (Å²) in [6.45, 7) is 2.07. The van der Waals surface area contributed by atoms with Gasteiger partial charge in [-0.05, 0) is 35.9 Å². The molecule has 2 aromatic carbocycles. The molecular weight excluding hydrogens is 248 g/mol. The molecule has 1 aliphatic heterocycles. The fourth-order valence-corrected chi connectivity index (χ4v) is 3.16. The van der Waals surface area contributed by atoms with Crippen molar-refractivity contribution < 1.29 is 4.42 Å². The number of hydrogen-bond acceptors (Lipinski definition) is 3. The molecule has 0 N–H and O–H groups in total. The summed E-state index contributed by atoms with van der Waals surface area (Å²) in [6, 6.07) is 15.1. The molecule has 0 radical (unpaired) electrons. The summed E-state index contributed by atoms with van der Waals surface area (Å²) in [6.07, 6.45) is 1.51. The van der Waals surface area contributed by atoms with Gasteiger partial charge in [0.25, 0.3) is 0 Å².